The van der Waals surface area contributed by atoms with Gasteiger partial charge in [-0.15, -0.1) is 0 Å². The number of halogens is 1. The van der Waals surface area contributed by atoms with Crippen LogP contribution in [0.4, 0.5) is 4.39 Å². The Bertz CT molecular complexity index is 881. The maximum atomic E-state index is 13.7. The second kappa shape index (κ2) is 10.9. The third-order valence-electron chi connectivity index (χ3n) is 5.34. The summed E-state index contributed by atoms with van der Waals surface area (Å²) in [5.74, 6) is 0.0119. The van der Waals surface area contributed by atoms with Gasteiger partial charge in [-0.1, -0.05) is 24.3 Å². The third-order valence-corrected chi connectivity index (χ3v) is 5.34. The largest absolute Gasteiger partial charge is 0.497 e. The van der Waals surface area contributed by atoms with E-state index in [1.165, 1.54) is 19.1 Å². The van der Waals surface area contributed by atoms with Gasteiger partial charge in [0.25, 0.3) is 0 Å². The Morgan fingerprint density at radius 2 is 2.03 bits per heavy atom. The van der Waals surface area contributed by atoms with E-state index in [0.717, 1.165) is 18.4 Å². The van der Waals surface area contributed by atoms with E-state index in [2.05, 4.69) is 5.32 Å². The standard InChI is InChI=1S/C24H29FN2O4/c1-17(28)26-23(19-8-10-21(30-2)11-9-19)14-24(29)27(16-22-7-4-12-31-22)15-18-5-3-6-20(25)13-18/h3,5-6,8-11,13,22-23H,4,7,12,14-16H2,1-2H3,(H,26,28). The molecule has 6 nitrogen and oxygen atoms in total. The Morgan fingerprint density at radius 1 is 1.26 bits per heavy atom. The van der Waals surface area contributed by atoms with E-state index < -0.39 is 6.04 Å². The first-order valence-electron chi connectivity index (χ1n) is 10.5. The van der Waals surface area contributed by atoms with Crippen LogP contribution < -0.4 is 10.1 Å². The van der Waals surface area contributed by atoms with E-state index in [9.17, 15) is 14.0 Å². The van der Waals surface area contributed by atoms with E-state index in [0.29, 0.717) is 24.5 Å². The van der Waals surface area contributed by atoms with E-state index in [1.54, 1.807) is 36.3 Å². The van der Waals surface area contributed by atoms with Crippen molar-refractivity contribution in [3.63, 3.8) is 0 Å². The normalized spacial score (nSPS) is 16.5. The highest BCUT2D eigenvalue weighted by Gasteiger charge is 2.26. The monoisotopic (exact) mass is 428 g/mol. The smallest absolute Gasteiger partial charge is 0.225 e. The van der Waals surface area contributed by atoms with Gasteiger partial charge >= 0.3 is 0 Å². The van der Waals surface area contributed by atoms with Crippen molar-refractivity contribution in [3.8, 4) is 5.75 Å². The summed E-state index contributed by atoms with van der Waals surface area (Å²) in [7, 11) is 1.58. The van der Waals surface area contributed by atoms with Crippen LogP contribution in [0.15, 0.2) is 48.5 Å². The maximum absolute atomic E-state index is 13.7. The van der Waals surface area contributed by atoms with Crippen molar-refractivity contribution < 1.29 is 23.5 Å². The minimum Gasteiger partial charge on any atom is -0.497 e. The van der Waals surface area contributed by atoms with Crippen LogP contribution in [-0.2, 0) is 20.9 Å². The lowest BCUT2D eigenvalue weighted by molar-refractivity contribution is -0.134. The average molecular weight is 429 g/mol. The molecule has 0 aromatic heterocycles. The number of hydrogen-bond acceptors (Lipinski definition) is 4. The molecular weight excluding hydrogens is 399 g/mol. The highest BCUT2D eigenvalue weighted by atomic mass is 19.1. The second-order valence-electron chi connectivity index (χ2n) is 7.77. The summed E-state index contributed by atoms with van der Waals surface area (Å²) in [4.78, 5) is 26.8. The summed E-state index contributed by atoms with van der Waals surface area (Å²) >= 11 is 0. The van der Waals surface area contributed by atoms with Crippen molar-refractivity contribution in [2.24, 2.45) is 0 Å². The van der Waals surface area contributed by atoms with Gasteiger partial charge in [-0.25, -0.2) is 4.39 Å². The first-order valence-corrected chi connectivity index (χ1v) is 10.5. The van der Waals surface area contributed by atoms with Gasteiger partial charge in [0.15, 0.2) is 0 Å². The number of ether oxygens (including phenoxy) is 2. The summed E-state index contributed by atoms with van der Waals surface area (Å²) in [6, 6.07) is 13.0. The molecule has 166 valence electrons. The molecule has 0 aliphatic carbocycles. The molecular formula is C24H29FN2O4. The molecule has 2 unspecified atom stereocenters. The number of amides is 2. The first-order chi connectivity index (χ1) is 14.9. The Balaban J connectivity index is 1.78. The molecule has 1 heterocycles. The lowest BCUT2D eigenvalue weighted by atomic mass is 10.0. The summed E-state index contributed by atoms with van der Waals surface area (Å²) in [6.07, 6.45) is 1.92. The molecule has 2 aromatic rings. The van der Waals surface area contributed by atoms with Gasteiger partial charge < -0.3 is 19.7 Å². The molecule has 0 spiro atoms. The van der Waals surface area contributed by atoms with Crippen molar-refractivity contribution in [1.82, 2.24) is 10.2 Å². The predicted molar refractivity (Wildman–Crippen MR) is 115 cm³/mol. The zero-order chi connectivity index (χ0) is 22.2. The molecule has 1 saturated heterocycles. The molecule has 0 saturated carbocycles. The maximum Gasteiger partial charge on any atom is 0.225 e. The van der Waals surface area contributed by atoms with E-state index in [4.69, 9.17) is 9.47 Å². The van der Waals surface area contributed by atoms with Crippen LogP contribution in [0, 0.1) is 5.82 Å². The quantitative estimate of drug-likeness (QED) is 0.663. The fraction of sp³-hybridized carbons (Fsp3) is 0.417. The summed E-state index contributed by atoms with van der Waals surface area (Å²) < 4.78 is 24.6. The van der Waals surface area contributed by atoms with Crippen molar-refractivity contribution in [2.75, 3.05) is 20.3 Å². The molecule has 2 amide bonds. The van der Waals surface area contributed by atoms with Crippen LogP contribution in [-0.4, -0.2) is 43.1 Å². The summed E-state index contributed by atoms with van der Waals surface area (Å²) in [5, 5.41) is 2.87. The van der Waals surface area contributed by atoms with E-state index in [-0.39, 0.29) is 36.7 Å². The average Bonchev–Trinajstić information content (AvgIpc) is 3.26. The predicted octanol–water partition coefficient (Wildman–Crippen LogP) is 3.61. The number of carbonyl (C=O) groups is 2. The van der Waals surface area contributed by atoms with Crippen molar-refractivity contribution in [2.45, 2.75) is 44.9 Å². The molecule has 0 bridgehead atoms. The SMILES string of the molecule is COc1ccc(C(CC(=O)N(Cc2cccc(F)c2)CC2CCCO2)NC(C)=O)cc1. The van der Waals surface area contributed by atoms with Gasteiger partial charge in [0.1, 0.15) is 11.6 Å². The Morgan fingerprint density at radius 3 is 2.65 bits per heavy atom. The van der Waals surface area contributed by atoms with Gasteiger partial charge in [0.05, 0.1) is 25.7 Å². The minimum absolute atomic E-state index is 0.0299. The highest BCUT2D eigenvalue weighted by molar-refractivity contribution is 5.79. The number of nitrogens with one attached hydrogen (secondary N) is 1. The molecule has 1 N–H and O–H groups in total. The number of rotatable bonds is 9. The first kappa shape index (κ1) is 22.7. The summed E-state index contributed by atoms with van der Waals surface area (Å²) in [6.45, 7) is 2.83. The topological polar surface area (TPSA) is 67.9 Å². The van der Waals surface area contributed by atoms with E-state index in [1.807, 2.05) is 12.1 Å². The van der Waals surface area contributed by atoms with Crippen molar-refractivity contribution in [1.29, 1.82) is 0 Å². The zero-order valence-electron chi connectivity index (χ0n) is 18.0. The fourth-order valence-corrected chi connectivity index (χ4v) is 3.78. The summed E-state index contributed by atoms with van der Waals surface area (Å²) in [5.41, 5.74) is 1.53. The number of benzene rings is 2. The van der Waals surface area contributed by atoms with Gasteiger partial charge in [0, 0.05) is 26.6 Å². The van der Waals surface area contributed by atoms with Gasteiger partial charge in [-0.2, -0.15) is 0 Å². The van der Waals surface area contributed by atoms with Crippen LogP contribution in [0.1, 0.15) is 43.4 Å². The molecule has 1 aliphatic heterocycles. The lowest BCUT2D eigenvalue weighted by Crippen LogP contribution is -2.39. The minimum atomic E-state index is -0.476. The highest BCUT2D eigenvalue weighted by Crippen LogP contribution is 2.23. The second-order valence-corrected chi connectivity index (χ2v) is 7.77. The Kier molecular flexibility index (Phi) is 8.00. The molecule has 2 aromatic carbocycles. The molecule has 7 heteroatoms. The van der Waals surface area contributed by atoms with E-state index >= 15 is 0 Å². The number of methoxy groups -OCH3 is 1. The zero-order valence-corrected chi connectivity index (χ0v) is 18.0. The van der Waals surface area contributed by atoms with Crippen LogP contribution in [0.2, 0.25) is 0 Å². The van der Waals surface area contributed by atoms with Crippen molar-refractivity contribution in [3.05, 3.63) is 65.5 Å². The molecule has 1 fully saturated rings. The number of carbonyl (C=O) groups excluding carboxylic acids is 2. The van der Waals surface area contributed by atoms with Crippen molar-refractivity contribution >= 4 is 11.8 Å². The Hall–Kier alpha value is -2.93. The molecule has 1 aliphatic rings. The van der Waals surface area contributed by atoms with Crippen LogP contribution in [0.5, 0.6) is 5.75 Å². The molecule has 31 heavy (non-hydrogen) atoms. The number of nitrogens with zero attached hydrogens (tertiary/aromatic N) is 1. The van der Waals surface area contributed by atoms with Gasteiger partial charge in [0.2, 0.25) is 11.8 Å². The molecule has 2 atom stereocenters. The lowest BCUT2D eigenvalue weighted by Gasteiger charge is -2.28. The molecule has 3 rings (SSSR count). The molecule has 0 radical (unpaired) electrons. The van der Waals surface area contributed by atoms with Gasteiger partial charge in [-0.05, 0) is 48.2 Å². The fourth-order valence-electron chi connectivity index (χ4n) is 3.78. The number of hydrogen-bond donors (Lipinski definition) is 1. The van der Waals surface area contributed by atoms with Crippen LogP contribution in [0.3, 0.4) is 0 Å². The Labute approximate surface area is 182 Å². The third kappa shape index (κ3) is 6.79. The van der Waals surface area contributed by atoms with Gasteiger partial charge in [-0.3, -0.25) is 9.59 Å². The van der Waals surface area contributed by atoms with Crippen LogP contribution in [0.25, 0.3) is 0 Å². The van der Waals surface area contributed by atoms with Crippen LogP contribution >= 0.6 is 0 Å².